The fourth-order valence-electron chi connectivity index (χ4n) is 4.45. The zero-order valence-electron chi connectivity index (χ0n) is 20.4. The normalized spacial score (nSPS) is 14.8. The van der Waals surface area contributed by atoms with Gasteiger partial charge in [0.05, 0.1) is 17.7 Å². The van der Waals surface area contributed by atoms with E-state index in [1.165, 1.54) is 12.8 Å². The predicted molar refractivity (Wildman–Crippen MR) is 136 cm³/mol. The minimum Gasteiger partial charge on any atom is -0.496 e. The van der Waals surface area contributed by atoms with Crippen molar-refractivity contribution in [3.8, 4) is 17.0 Å². The highest BCUT2D eigenvalue weighted by molar-refractivity contribution is 7.92. The van der Waals surface area contributed by atoms with Gasteiger partial charge in [-0.3, -0.25) is 4.72 Å². The van der Waals surface area contributed by atoms with E-state index in [0.717, 1.165) is 41.5 Å². The summed E-state index contributed by atoms with van der Waals surface area (Å²) in [7, 11) is -2.19. The Labute approximate surface area is 202 Å². The van der Waals surface area contributed by atoms with Crippen molar-refractivity contribution in [3.05, 3.63) is 59.2 Å². The molecule has 0 radical (unpaired) electrons. The Morgan fingerprint density at radius 2 is 1.74 bits per heavy atom. The van der Waals surface area contributed by atoms with E-state index in [-0.39, 0.29) is 4.90 Å². The number of aromatic nitrogens is 2. The van der Waals surface area contributed by atoms with E-state index in [2.05, 4.69) is 26.7 Å². The lowest BCUT2D eigenvalue weighted by Gasteiger charge is -2.30. The summed E-state index contributed by atoms with van der Waals surface area (Å²) in [4.78, 5) is 2.51. The molecule has 1 aromatic heterocycles. The first-order valence-corrected chi connectivity index (χ1v) is 13.0. The van der Waals surface area contributed by atoms with E-state index in [9.17, 15) is 8.42 Å². The molecule has 180 valence electrons. The maximum Gasteiger partial charge on any atom is 0.262 e. The molecule has 0 bridgehead atoms. The number of hydrogen-bond donors (Lipinski definition) is 1. The molecule has 4 rings (SSSR count). The van der Waals surface area contributed by atoms with Crippen LogP contribution in [0.5, 0.6) is 5.75 Å². The van der Waals surface area contributed by atoms with Crippen LogP contribution in [0.2, 0.25) is 0 Å². The average Bonchev–Trinajstić information content (AvgIpc) is 2.82. The molecule has 0 saturated carbocycles. The summed E-state index contributed by atoms with van der Waals surface area (Å²) in [5, 5.41) is 8.84. The summed E-state index contributed by atoms with van der Waals surface area (Å²) < 4.78 is 34.6. The van der Waals surface area contributed by atoms with Crippen LogP contribution in [0.15, 0.2) is 47.4 Å². The minimum atomic E-state index is -3.79. The highest BCUT2D eigenvalue weighted by Crippen LogP contribution is 2.32. The van der Waals surface area contributed by atoms with E-state index >= 15 is 0 Å². The van der Waals surface area contributed by atoms with Crippen molar-refractivity contribution in [1.82, 2.24) is 10.2 Å². The van der Waals surface area contributed by atoms with Crippen molar-refractivity contribution in [2.75, 3.05) is 29.8 Å². The molecule has 0 atom stereocenters. The molecule has 0 aliphatic carbocycles. The summed E-state index contributed by atoms with van der Waals surface area (Å²) in [5.41, 5.74) is 4.22. The van der Waals surface area contributed by atoms with Crippen molar-refractivity contribution in [3.63, 3.8) is 0 Å². The first-order valence-electron chi connectivity index (χ1n) is 11.6. The number of ether oxygens (including phenoxy) is 1. The van der Waals surface area contributed by atoms with Gasteiger partial charge in [-0.1, -0.05) is 19.1 Å². The molecule has 1 fully saturated rings. The highest BCUT2D eigenvalue weighted by atomic mass is 32.2. The largest absolute Gasteiger partial charge is 0.496 e. The third-order valence-electron chi connectivity index (χ3n) is 6.64. The molecule has 2 aromatic carbocycles. The second-order valence-electron chi connectivity index (χ2n) is 9.11. The molecule has 0 amide bonds. The standard InChI is InChI=1S/C26H32N4O3S/c1-17-11-13-30(14-12-17)25-10-9-23(27-28-25)21-7-6-8-22(16-21)29-34(31,32)24-15-18(2)26(33-5)20(4)19(24)3/h6-10,15-17,29H,11-14H2,1-5H3. The molecule has 1 saturated heterocycles. The van der Waals surface area contributed by atoms with Crippen LogP contribution in [0.4, 0.5) is 11.5 Å². The van der Waals surface area contributed by atoms with Crippen LogP contribution >= 0.6 is 0 Å². The van der Waals surface area contributed by atoms with Crippen LogP contribution < -0.4 is 14.4 Å². The predicted octanol–water partition coefficient (Wildman–Crippen LogP) is 5.11. The molecule has 1 aliphatic rings. The van der Waals surface area contributed by atoms with Gasteiger partial charge in [0.2, 0.25) is 0 Å². The lowest BCUT2D eigenvalue weighted by atomic mass is 9.99. The number of piperidine rings is 1. The van der Waals surface area contributed by atoms with Crippen molar-refractivity contribution >= 4 is 21.5 Å². The summed E-state index contributed by atoms with van der Waals surface area (Å²) in [6.45, 7) is 9.78. The number of benzene rings is 2. The number of anilines is 2. The zero-order chi connectivity index (χ0) is 24.5. The van der Waals surface area contributed by atoms with Gasteiger partial charge in [0.15, 0.2) is 5.82 Å². The maximum absolute atomic E-state index is 13.2. The van der Waals surface area contributed by atoms with Crippen LogP contribution in [0.25, 0.3) is 11.3 Å². The number of nitrogens with zero attached hydrogens (tertiary/aromatic N) is 3. The van der Waals surface area contributed by atoms with Crippen LogP contribution in [0.1, 0.15) is 36.5 Å². The lowest BCUT2D eigenvalue weighted by Crippen LogP contribution is -2.33. The highest BCUT2D eigenvalue weighted by Gasteiger charge is 2.22. The molecule has 1 N–H and O–H groups in total. The number of aryl methyl sites for hydroxylation is 1. The number of nitrogens with one attached hydrogen (secondary N) is 1. The first kappa shape index (κ1) is 24.0. The summed E-state index contributed by atoms with van der Waals surface area (Å²) in [5.74, 6) is 2.34. The van der Waals surface area contributed by atoms with E-state index in [1.54, 1.807) is 32.2 Å². The number of methoxy groups -OCH3 is 1. The van der Waals surface area contributed by atoms with Gasteiger partial charge in [-0.25, -0.2) is 8.42 Å². The lowest BCUT2D eigenvalue weighted by molar-refractivity contribution is 0.407. The molecular formula is C26H32N4O3S. The molecule has 0 unspecified atom stereocenters. The van der Waals surface area contributed by atoms with Crippen LogP contribution in [-0.4, -0.2) is 38.8 Å². The molecule has 8 heteroatoms. The van der Waals surface area contributed by atoms with Crippen molar-refractivity contribution in [2.24, 2.45) is 5.92 Å². The Kier molecular flexibility index (Phi) is 6.79. The number of rotatable bonds is 6. The monoisotopic (exact) mass is 480 g/mol. The van der Waals surface area contributed by atoms with E-state index in [0.29, 0.717) is 22.7 Å². The van der Waals surface area contributed by atoms with Gasteiger partial charge in [-0.2, -0.15) is 0 Å². The van der Waals surface area contributed by atoms with Gasteiger partial charge in [0.1, 0.15) is 5.75 Å². The van der Waals surface area contributed by atoms with Crippen molar-refractivity contribution in [2.45, 2.75) is 45.4 Å². The minimum absolute atomic E-state index is 0.244. The van der Waals surface area contributed by atoms with Gasteiger partial charge in [-0.05, 0) is 86.6 Å². The second kappa shape index (κ2) is 9.62. The average molecular weight is 481 g/mol. The van der Waals surface area contributed by atoms with E-state index in [4.69, 9.17) is 4.74 Å². The third kappa shape index (κ3) is 4.87. The van der Waals surface area contributed by atoms with Crippen molar-refractivity contribution < 1.29 is 13.2 Å². The summed E-state index contributed by atoms with van der Waals surface area (Å²) >= 11 is 0. The Morgan fingerprint density at radius 1 is 1.00 bits per heavy atom. The van der Waals surface area contributed by atoms with Gasteiger partial charge in [0, 0.05) is 24.3 Å². The maximum atomic E-state index is 13.2. The summed E-state index contributed by atoms with van der Waals surface area (Å²) in [6, 6.07) is 12.8. The fraction of sp³-hybridized carbons (Fsp3) is 0.385. The number of sulfonamides is 1. The summed E-state index contributed by atoms with van der Waals surface area (Å²) in [6.07, 6.45) is 2.33. The van der Waals surface area contributed by atoms with Crippen LogP contribution in [0.3, 0.4) is 0 Å². The van der Waals surface area contributed by atoms with Crippen molar-refractivity contribution in [1.29, 1.82) is 0 Å². The number of hydrogen-bond acceptors (Lipinski definition) is 6. The third-order valence-corrected chi connectivity index (χ3v) is 8.15. The Hall–Kier alpha value is -3.13. The van der Waals surface area contributed by atoms with Gasteiger partial charge in [-0.15, -0.1) is 10.2 Å². The van der Waals surface area contributed by atoms with E-state index in [1.807, 2.05) is 38.1 Å². The topological polar surface area (TPSA) is 84.4 Å². The van der Waals surface area contributed by atoms with Crippen LogP contribution in [-0.2, 0) is 10.0 Å². The molecule has 0 spiro atoms. The first-order chi connectivity index (χ1) is 16.2. The molecule has 34 heavy (non-hydrogen) atoms. The van der Waals surface area contributed by atoms with Gasteiger partial charge >= 0.3 is 0 Å². The quantitative estimate of drug-likeness (QED) is 0.527. The molecule has 3 aromatic rings. The Balaban J connectivity index is 1.56. The molecular weight excluding hydrogens is 448 g/mol. The van der Waals surface area contributed by atoms with Gasteiger partial charge in [0.25, 0.3) is 10.0 Å². The smallest absolute Gasteiger partial charge is 0.262 e. The van der Waals surface area contributed by atoms with Crippen LogP contribution in [0, 0.1) is 26.7 Å². The Bertz CT molecular complexity index is 1280. The molecule has 2 heterocycles. The molecule has 1 aliphatic heterocycles. The van der Waals surface area contributed by atoms with E-state index < -0.39 is 10.0 Å². The zero-order valence-corrected chi connectivity index (χ0v) is 21.2. The Morgan fingerprint density at radius 3 is 2.38 bits per heavy atom. The second-order valence-corrected chi connectivity index (χ2v) is 10.8. The SMILES string of the molecule is COc1c(C)cc(S(=O)(=O)Nc2cccc(-c3ccc(N4CCC(C)CC4)nn3)c2)c(C)c1C. The molecule has 7 nitrogen and oxygen atoms in total. The fourth-order valence-corrected chi connectivity index (χ4v) is 5.89. The van der Waals surface area contributed by atoms with Gasteiger partial charge < -0.3 is 9.64 Å².